The predicted molar refractivity (Wildman–Crippen MR) is 68.5 cm³/mol. The van der Waals surface area contributed by atoms with Crippen LogP contribution < -0.4 is 5.32 Å². The summed E-state index contributed by atoms with van der Waals surface area (Å²) in [7, 11) is 0. The Morgan fingerprint density at radius 1 is 1.65 bits per heavy atom. The van der Waals surface area contributed by atoms with Gasteiger partial charge in [0.2, 0.25) is 5.91 Å². The molecule has 0 bridgehead atoms. The number of rotatable bonds is 4. The molecule has 0 saturated heterocycles. The molecule has 2 aromatic heterocycles. The molecule has 0 aliphatic heterocycles. The molecule has 0 radical (unpaired) electrons. The molecule has 0 spiro atoms. The Labute approximate surface area is 103 Å². The minimum atomic E-state index is -0.0981. The van der Waals surface area contributed by atoms with Crippen molar-refractivity contribution >= 4 is 23.3 Å². The molecule has 2 rings (SSSR count). The van der Waals surface area contributed by atoms with E-state index in [1.54, 1.807) is 29.8 Å². The van der Waals surface area contributed by atoms with Crippen LogP contribution in [0.5, 0.6) is 0 Å². The Morgan fingerprint density at radius 3 is 3.18 bits per heavy atom. The quantitative estimate of drug-likeness (QED) is 0.813. The summed E-state index contributed by atoms with van der Waals surface area (Å²) >= 11 is 1.63. The lowest BCUT2D eigenvalue weighted by Crippen LogP contribution is -2.19. The van der Waals surface area contributed by atoms with Crippen molar-refractivity contribution in [2.45, 2.75) is 13.5 Å². The van der Waals surface area contributed by atoms with E-state index in [2.05, 4.69) is 15.5 Å². The summed E-state index contributed by atoms with van der Waals surface area (Å²) in [6, 6.07) is 2.04. The van der Waals surface area contributed by atoms with Crippen molar-refractivity contribution in [3.63, 3.8) is 0 Å². The lowest BCUT2D eigenvalue weighted by Gasteiger charge is -1.98. The van der Waals surface area contributed by atoms with Crippen LogP contribution in [0.25, 0.3) is 6.08 Å². The average molecular weight is 247 g/mol. The van der Waals surface area contributed by atoms with E-state index in [9.17, 15) is 4.79 Å². The number of nitrogens with zero attached hydrogens (tertiary/aromatic N) is 1. The Balaban J connectivity index is 1.85. The molecule has 2 heterocycles. The second-order valence-electron chi connectivity index (χ2n) is 3.63. The first-order valence-electron chi connectivity index (χ1n) is 5.23. The topological polar surface area (TPSA) is 57.8 Å². The first-order chi connectivity index (χ1) is 8.25. The number of hydrogen-bond acceptors (Lipinski definition) is 3. The van der Waals surface area contributed by atoms with Gasteiger partial charge in [0, 0.05) is 29.3 Å². The maximum Gasteiger partial charge on any atom is 0.244 e. The molecule has 0 saturated carbocycles. The van der Waals surface area contributed by atoms with E-state index in [1.807, 2.05) is 24.4 Å². The number of nitrogens with one attached hydrogen (secondary N) is 2. The highest BCUT2D eigenvalue weighted by Crippen LogP contribution is 2.16. The number of amides is 1. The van der Waals surface area contributed by atoms with Crippen molar-refractivity contribution in [1.82, 2.24) is 15.5 Å². The fraction of sp³-hybridized carbons (Fsp3) is 0.167. The van der Waals surface area contributed by atoms with Gasteiger partial charge in [-0.05, 0) is 30.0 Å². The molecule has 0 atom stereocenters. The van der Waals surface area contributed by atoms with E-state index in [0.717, 1.165) is 10.4 Å². The molecule has 2 N–H and O–H groups in total. The van der Waals surface area contributed by atoms with Gasteiger partial charge in [0.25, 0.3) is 0 Å². The standard InChI is InChI=1S/C12H13N3OS/c1-9-4-5-17-11(9)2-3-12(16)13-6-10-7-14-15-8-10/h2-5,7-8H,6H2,1H3,(H,13,16)(H,14,15)/b3-2+. The van der Waals surface area contributed by atoms with Crippen LogP contribution in [-0.4, -0.2) is 16.1 Å². The Kier molecular flexibility index (Phi) is 3.72. The van der Waals surface area contributed by atoms with Crippen LogP contribution in [0.4, 0.5) is 0 Å². The zero-order chi connectivity index (χ0) is 12.1. The van der Waals surface area contributed by atoms with Gasteiger partial charge < -0.3 is 5.32 Å². The van der Waals surface area contributed by atoms with Crippen molar-refractivity contribution in [3.05, 3.63) is 45.9 Å². The third kappa shape index (κ3) is 3.29. The second-order valence-corrected chi connectivity index (χ2v) is 4.57. The van der Waals surface area contributed by atoms with Crippen molar-refractivity contribution in [1.29, 1.82) is 0 Å². The smallest absolute Gasteiger partial charge is 0.244 e. The first-order valence-corrected chi connectivity index (χ1v) is 6.11. The summed E-state index contributed by atoms with van der Waals surface area (Å²) in [6.45, 7) is 2.52. The number of aryl methyl sites for hydroxylation is 1. The molecule has 1 amide bonds. The summed E-state index contributed by atoms with van der Waals surface area (Å²) in [6.07, 6.45) is 6.84. The highest BCUT2D eigenvalue weighted by Gasteiger charge is 1.99. The van der Waals surface area contributed by atoms with Gasteiger partial charge in [0.05, 0.1) is 6.20 Å². The van der Waals surface area contributed by atoms with E-state index in [4.69, 9.17) is 0 Å². The molecule has 2 aromatic rings. The SMILES string of the molecule is Cc1ccsc1/C=C/C(=O)NCc1cn[nH]c1. The van der Waals surface area contributed by atoms with E-state index >= 15 is 0 Å². The lowest BCUT2D eigenvalue weighted by atomic mass is 10.3. The minimum absolute atomic E-state index is 0.0981. The molecule has 0 aliphatic rings. The van der Waals surface area contributed by atoms with E-state index in [-0.39, 0.29) is 5.91 Å². The molecule has 88 valence electrons. The second kappa shape index (κ2) is 5.45. The summed E-state index contributed by atoms with van der Waals surface area (Å²) in [5.41, 5.74) is 2.15. The molecular weight excluding hydrogens is 234 g/mol. The summed E-state index contributed by atoms with van der Waals surface area (Å²) in [5, 5.41) is 11.3. The number of aromatic nitrogens is 2. The van der Waals surface area contributed by atoms with Crippen LogP contribution in [0.2, 0.25) is 0 Å². The number of thiophene rings is 1. The van der Waals surface area contributed by atoms with Gasteiger partial charge in [-0.15, -0.1) is 11.3 Å². The highest BCUT2D eigenvalue weighted by molar-refractivity contribution is 7.11. The number of H-pyrrole nitrogens is 1. The lowest BCUT2D eigenvalue weighted by molar-refractivity contribution is -0.116. The monoisotopic (exact) mass is 247 g/mol. The van der Waals surface area contributed by atoms with Gasteiger partial charge >= 0.3 is 0 Å². The summed E-state index contributed by atoms with van der Waals surface area (Å²) < 4.78 is 0. The van der Waals surface area contributed by atoms with E-state index in [1.165, 1.54) is 5.56 Å². The molecular formula is C12H13N3OS. The number of carbonyl (C=O) groups excluding carboxylic acids is 1. The Bertz CT molecular complexity index is 514. The Hall–Kier alpha value is -1.88. The number of aromatic amines is 1. The largest absolute Gasteiger partial charge is 0.348 e. The van der Waals surface area contributed by atoms with Crippen LogP contribution >= 0.6 is 11.3 Å². The molecule has 17 heavy (non-hydrogen) atoms. The fourth-order valence-electron chi connectivity index (χ4n) is 1.33. The maximum absolute atomic E-state index is 11.5. The predicted octanol–water partition coefficient (Wildman–Crippen LogP) is 2.11. The van der Waals surface area contributed by atoms with Crippen LogP contribution in [0, 0.1) is 6.92 Å². The summed E-state index contributed by atoms with van der Waals surface area (Å²) in [5.74, 6) is -0.0981. The number of hydrogen-bond donors (Lipinski definition) is 2. The van der Waals surface area contributed by atoms with Gasteiger partial charge in [0.1, 0.15) is 0 Å². The third-order valence-corrected chi connectivity index (χ3v) is 3.29. The molecule has 0 unspecified atom stereocenters. The Morgan fingerprint density at radius 2 is 2.53 bits per heavy atom. The zero-order valence-electron chi connectivity index (χ0n) is 9.43. The molecule has 5 heteroatoms. The normalized spacial score (nSPS) is 10.9. The van der Waals surface area contributed by atoms with Crippen LogP contribution in [-0.2, 0) is 11.3 Å². The van der Waals surface area contributed by atoms with Gasteiger partial charge in [-0.3, -0.25) is 9.89 Å². The third-order valence-electron chi connectivity index (χ3n) is 2.31. The number of carbonyl (C=O) groups is 1. The van der Waals surface area contributed by atoms with Crippen molar-refractivity contribution in [2.24, 2.45) is 0 Å². The molecule has 0 aromatic carbocycles. The van der Waals surface area contributed by atoms with Crippen LogP contribution in [0.15, 0.2) is 29.9 Å². The summed E-state index contributed by atoms with van der Waals surface area (Å²) in [4.78, 5) is 12.6. The molecule has 0 fully saturated rings. The highest BCUT2D eigenvalue weighted by atomic mass is 32.1. The van der Waals surface area contributed by atoms with E-state index < -0.39 is 0 Å². The maximum atomic E-state index is 11.5. The van der Waals surface area contributed by atoms with Crippen molar-refractivity contribution < 1.29 is 4.79 Å². The van der Waals surface area contributed by atoms with Gasteiger partial charge in [-0.1, -0.05) is 0 Å². The minimum Gasteiger partial charge on any atom is -0.348 e. The van der Waals surface area contributed by atoms with Crippen LogP contribution in [0.3, 0.4) is 0 Å². The zero-order valence-corrected chi connectivity index (χ0v) is 10.3. The first kappa shape index (κ1) is 11.6. The van der Waals surface area contributed by atoms with Gasteiger partial charge in [-0.2, -0.15) is 5.10 Å². The average Bonchev–Trinajstić information content (AvgIpc) is 2.95. The van der Waals surface area contributed by atoms with Gasteiger partial charge in [-0.25, -0.2) is 0 Å². The fourth-order valence-corrected chi connectivity index (χ4v) is 2.15. The van der Waals surface area contributed by atoms with Crippen molar-refractivity contribution in [2.75, 3.05) is 0 Å². The van der Waals surface area contributed by atoms with Gasteiger partial charge in [0.15, 0.2) is 0 Å². The molecule has 0 aliphatic carbocycles. The molecule has 4 nitrogen and oxygen atoms in total. The van der Waals surface area contributed by atoms with Crippen molar-refractivity contribution in [3.8, 4) is 0 Å². The van der Waals surface area contributed by atoms with Crippen LogP contribution in [0.1, 0.15) is 16.0 Å². The van der Waals surface area contributed by atoms with E-state index in [0.29, 0.717) is 6.54 Å².